The van der Waals surface area contributed by atoms with E-state index in [1.54, 1.807) is 19.2 Å². The second-order valence-electron chi connectivity index (χ2n) is 5.65. The van der Waals surface area contributed by atoms with Crippen LogP contribution in [-0.2, 0) is 9.59 Å². The maximum absolute atomic E-state index is 13.4. The quantitative estimate of drug-likeness (QED) is 0.794. The Bertz CT molecular complexity index is 553. The first kappa shape index (κ1) is 20.3. The van der Waals surface area contributed by atoms with E-state index in [0.29, 0.717) is 6.54 Å². The summed E-state index contributed by atoms with van der Waals surface area (Å²) in [5.41, 5.74) is 0.178. The monoisotopic (exact) mass is 358 g/mol. The Morgan fingerprint density at radius 2 is 1.96 bits per heavy atom. The number of para-hydroxylation sites is 1. The molecule has 1 heterocycles. The maximum Gasteiger partial charge on any atom is 0.236 e. The number of hydrogen-bond donors (Lipinski definition) is 2. The molecule has 134 valence electrons. The van der Waals surface area contributed by atoms with Crippen LogP contribution in [0.3, 0.4) is 0 Å². The van der Waals surface area contributed by atoms with Crippen LogP contribution in [0.5, 0.6) is 0 Å². The van der Waals surface area contributed by atoms with E-state index in [4.69, 9.17) is 0 Å². The molecule has 0 unspecified atom stereocenters. The van der Waals surface area contributed by atoms with Crippen molar-refractivity contribution in [3.05, 3.63) is 30.1 Å². The topological polar surface area (TPSA) is 64.7 Å². The van der Waals surface area contributed by atoms with Crippen molar-refractivity contribution in [3.8, 4) is 0 Å². The predicted molar refractivity (Wildman–Crippen MR) is 93.8 cm³/mol. The van der Waals surface area contributed by atoms with Gasteiger partial charge in [-0.25, -0.2) is 4.39 Å². The molecule has 1 aromatic carbocycles. The fourth-order valence-electron chi connectivity index (χ4n) is 2.39. The molecule has 2 rings (SSSR count). The van der Waals surface area contributed by atoms with Crippen LogP contribution in [0.1, 0.15) is 6.42 Å². The lowest BCUT2D eigenvalue weighted by Crippen LogP contribution is -2.49. The van der Waals surface area contributed by atoms with Crippen molar-refractivity contribution < 1.29 is 14.0 Å². The van der Waals surface area contributed by atoms with Gasteiger partial charge in [-0.2, -0.15) is 0 Å². The number of carbonyl (C=O) groups excluding carboxylic acids is 2. The van der Waals surface area contributed by atoms with Crippen LogP contribution in [0.2, 0.25) is 0 Å². The van der Waals surface area contributed by atoms with Crippen molar-refractivity contribution in [2.75, 3.05) is 51.6 Å². The van der Waals surface area contributed by atoms with E-state index >= 15 is 0 Å². The van der Waals surface area contributed by atoms with E-state index in [1.165, 1.54) is 12.1 Å². The maximum atomic E-state index is 13.4. The van der Waals surface area contributed by atoms with Crippen molar-refractivity contribution in [1.29, 1.82) is 0 Å². The molecule has 8 heteroatoms. The highest BCUT2D eigenvalue weighted by atomic mass is 35.5. The summed E-state index contributed by atoms with van der Waals surface area (Å²) in [5, 5.41) is 5.74. The Labute approximate surface area is 147 Å². The van der Waals surface area contributed by atoms with Crippen molar-refractivity contribution >= 4 is 29.9 Å². The molecule has 0 bridgehead atoms. The summed E-state index contributed by atoms with van der Waals surface area (Å²) in [4.78, 5) is 27.6. The molecular formula is C16H24ClFN4O2. The number of nitrogens with zero attached hydrogens (tertiary/aromatic N) is 2. The van der Waals surface area contributed by atoms with Crippen LogP contribution in [0.15, 0.2) is 24.3 Å². The third-order valence-corrected chi connectivity index (χ3v) is 3.74. The Morgan fingerprint density at radius 1 is 1.29 bits per heavy atom. The average molecular weight is 359 g/mol. The number of rotatable bonds is 6. The summed E-state index contributed by atoms with van der Waals surface area (Å²) in [5.74, 6) is -0.650. The number of hydrogen-bond acceptors (Lipinski definition) is 4. The summed E-state index contributed by atoms with van der Waals surface area (Å²) >= 11 is 0. The van der Waals surface area contributed by atoms with E-state index in [9.17, 15) is 14.0 Å². The second-order valence-corrected chi connectivity index (χ2v) is 5.65. The van der Waals surface area contributed by atoms with Crippen molar-refractivity contribution in [1.82, 2.24) is 15.1 Å². The lowest BCUT2D eigenvalue weighted by atomic mass is 10.3. The molecule has 2 amide bonds. The van der Waals surface area contributed by atoms with Crippen LogP contribution < -0.4 is 10.6 Å². The van der Waals surface area contributed by atoms with Gasteiger partial charge in [-0.1, -0.05) is 12.1 Å². The van der Waals surface area contributed by atoms with E-state index < -0.39 is 5.82 Å². The zero-order chi connectivity index (χ0) is 16.7. The first-order valence-corrected chi connectivity index (χ1v) is 7.77. The first-order valence-electron chi connectivity index (χ1n) is 7.77. The summed E-state index contributed by atoms with van der Waals surface area (Å²) in [7, 11) is 1.80. The van der Waals surface area contributed by atoms with E-state index in [1.807, 2.05) is 9.80 Å². The number of likely N-dealkylation sites (N-methyl/N-ethyl adjacent to an activating group) is 1. The molecule has 1 aromatic rings. The second kappa shape index (κ2) is 10.2. The van der Waals surface area contributed by atoms with Gasteiger partial charge in [-0.05, 0) is 19.2 Å². The number of halogens is 2. The van der Waals surface area contributed by atoms with Crippen LogP contribution in [0, 0.1) is 5.82 Å². The molecule has 24 heavy (non-hydrogen) atoms. The van der Waals surface area contributed by atoms with Crippen molar-refractivity contribution in [2.45, 2.75) is 6.42 Å². The van der Waals surface area contributed by atoms with Gasteiger partial charge in [0.15, 0.2) is 0 Å². The molecule has 0 aliphatic carbocycles. The SMILES string of the molecule is CN(CCC(=O)Nc1ccccc1F)CC(=O)N1CCNCC1.Cl. The molecule has 0 radical (unpaired) electrons. The van der Waals surface area contributed by atoms with Gasteiger partial charge in [-0.3, -0.25) is 14.5 Å². The number of piperazine rings is 1. The first-order chi connectivity index (χ1) is 11.1. The lowest BCUT2D eigenvalue weighted by molar-refractivity contribution is -0.133. The van der Waals surface area contributed by atoms with Crippen LogP contribution >= 0.6 is 12.4 Å². The highest BCUT2D eigenvalue weighted by Gasteiger charge is 2.18. The fraction of sp³-hybridized carbons (Fsp3) is 0.500. The zero-order valence-electron chi connectivity index (χ0n) is 13.8. The van der Waals surface area contributed by atoms with Crippen LogP contribution in [0.25, 0.3) is 0 Å². The summed E-state index contributed by atoms with van der Waals surface area (Å²) in [6.45, 7) is 3.81. The van der Waals surface area contributed by atoms with Gasteiger partial charge in [-0.15, -0.1) is 12.4 Å². The van der Waals surface area contributed by atoms with Gasteiger partial charge in [0.25, 0.3) is 0 Å². The van der Waals surface area contributed by atoms with Gasteiger partial charge in [0.1, 0.15) is 5.82 Å². The number of nitrogens with one attached hydrogen (secondary N) is 2. The Hall–Kier alpha value is -1.70. The average Bonchev–Trinajstić information content (AvgIpc) is 2.56. The predicted octanol–water partition coefficient (Wildman–Crippen LogP) is 0.940. The molecule has 2 N–H and O–H groups in total. The van der Waals surface area contributed by atoms with Crippen LogP contribution in [-0.4, -0.2) is 67.9 Å². The molecule has 1 fully saturated rings. The molecule has 0 saturated carbocycles. The standard InChI is InChI=1S/C16H23FN4O2.ClH/c1-20(12-16(23)21-10-7-18-8-11-21)9-6-15(22)19-14-5-3-2-4-13(14)17;/h2-5,18H,6-12H2,1H3,(H,19,22);1H. The molecule has 1 saturated heterocycles. The normalized spacial score (nSPS) is 14.2. The molecule has 1 aliphatic heterocycles. The Balaban J connectivity index is 0.00000288. The third kappa shape index (κ3) is 6.43. The van der Waals surface area contributed by atoms with E-state index in [-0.39, 0.29) is 42.9 Å². The molecule has 1 aliphatic rings. The van der Waals surface area contributed by atoms with Gasteiger partial charge in [0.2, 0.25) is 11.8 Å². The summed E-state index contributed by atoms with van der Waals surface area (Å²) in [6.07, 6.45) is 0.208. The van der Waals surface area contributed by atoms with E-state index in [0.717, 1.165) is 26.2 Å². The fourth-order valence-corrected chi connectivity index (χ4v) is 2.39. The minimum atomic E-state index is -0.455. The molecule has 0 spiro atoms. The number of amides is 2. The largest absolute Gasteiger partial charge is 0.339 e. The molecule has 0 aromatic heterocycles. The van der Waals surface area contributed by atoms with Gasteiger partial charge in [0.05, 0.1) is 12.2 Å². The smallest absolute Gasteiger partial charge is 0.236 e. The van der Waals surface area contributed by atoms with Crippen molar-refractivity contribution in [3.63, 3.8) is 0 Å². The van der Waals surface area contributed by atoms with Gasteiger partial charge < -0.3 is 15.5 Å². The summed E-state index contributed by atoms with van der Waals surface area (Å²) < 4.78 is 13.4. The highest BCUT2D eigenvalue weighted by Crippen LogP contribution is 2.12. The molecule has 0 atom stereocenters. The number of benzene rings is 1. The van der Waals surface area contributed by atoms with Gasteiger partial charge >= 0.3 is 0 Å². The minimum Gasteiger partial charge on any atom is -0.339 e. The highest BCUT2D eigenvalue weighted by molar-refractivity contribution is 5.91. The Kier molecular flexibility index (Phi) is 8.67. The molecular weight excluding hydrogens is 335 g/mol. The molecule has 6 nitrogen and oxygen atoms in total. The third-order valence-electron chi connectivity index (χ3n) is 3.74. The number of carbonyl (C=O) groups is 2. The minimum absolute atomic E-state index is 0. The number of anilines is 1. The summed E-state index contributed by atoms with van der Waals surface area (Å²) in [6, 6.07) is 6.05. The Morgan fingerprint density at radius 3 is 2.62 bits per heavy atom. The lowest BCUT2D eigenvalue weighted by Gasteiger charge is -2.29. The van der Waals surface area contributed by atoms with Crippen LogP contribution in [0.4, 0.5) is 10.1 Å². The zero-order valence-corrected chi connectivity index (χ0v) is 14.6. The van der Waals surface area contributed by atoms with Crippen molar-refractivity contribution in [2.24, 2.45) is 0 Å². The van der Waals surface area contributed by atoms with Gasteiger partial charge in [0, 0.05) is 39.1 Å². The van der Waals surface area contributed by atoms with E-state index in [2.05, 4.69) is 10.6 Å².